The normalized spacial score (nSPS) is 11.1. The van der Waals surface area contributed by atoms with Crippen LogP contribution in [0.15, 0.2) is 83.9 Å². The van der Waals surface area contributed by atoms with E-state index in [1.165, 1.54) is 48.2 Å². The van der Waals surface area contributed by atoms with Gasteiger partial charge in [-0.2, -0.15) is 5.10 Å². The fourth-order valence-electron chi connectivity index (χ4n) is 3.21. The molecule has 0 saturated carbocycles. The third-order valence-electron chi connectivity index (χ3n) is 4.99. The summed E-state index contributed by atoms with van der Waals surface area (Å²) in [6.07, 6.45) is 1.58. The Kier molecular flexibility index (Phi) is 6.33. The van der Waals surface area contributed by atoms with Crippen LogP contribution in [0.5, 0.6) is 5.75 Å². The topological polar surface area (TPSA) is 102 Å². The monoisotopic (exact) mass is 480 g/mol. The number of nitrogens with zero attached hydrogens (tertiary/aromatic N) is 2. The maximum absolute atomic E-state index is 13.1. The van der Waals surface area contributed by atoms with Gasteiger partial charge in [-0.15, -0.1) is 0 Å². The fourth-order valence-corrected chi connectivity index (χ4v) is 4.54. The van der Waals surface area contributed by atoms with Gasteiger partial charge in [-0.25, -0.2) is 17.5 Å². The number of amides is 1. The van der Waals surface area contributed by atoms with E-state index in [-0.39, 0.29) is 16.4 Å². The van der Waals surface area contributed by atoms with Crippen LogP contribution >= 0.6 is 0 Å². The number of carbonyl (C=O) groups excluding carboxylic acids is 1. The standard InChI is InChI=1S/C24H21FN4O4S/c1-16-3-6-19(15-23(16)34(31,32)28-18-7-11-21(33-2)12-8-18)26-24(30)22-13-14-29(27-22)20-9-4-17(25)5-10-20/h3-15,28H,1-2H3,(H,26,30). The SMILES string of the molecule is COc1ccc(NS(=O)(=O)c2cc(NC(=O)c3ccn(-c4ccc(F)cc4)n3)ccc2C)cc1. The summed E-state index contributed by atoms with van der Waals surface area (Å²) in [5.41, 5.74) is 1.89. The van der Waals surface area contributed by atoms with E-state index < -0.39 is 15.9 Å². The fraction of sp³-hybridized carbons (Fsp3) is 0.0833. The molecule has 0 spiro atoms. The molecule has 2 N–H and O–H groups in total. The molecule has 0 aliphatic rings. The first kappa shape index (κ1) is 23.0. The second-order valence-corrected chi connectivity index (χ2v) is 9.04. The Morgan fingerprint density at radius 2 is 1.65 bits per heavy atom. The number of benzene rings is 3. The molecule has 0 aliphatic heterocycles. The average Bonchev–Trinajstić information content (AvgIpc) is 3.31. The number of hydrogen-bond acceptors (Lipinski definition) is 5. The molecule has 0 saturated heterocycles. The molecule has 0 atom stereocenters. The highest BCUT2D eigenvalue weighted by atomic mass is 32.2. The molecule has 0 radical (unpaired) electrons. The van der Waals surface area contributed by atoms with Gasteiger partial charge >= 0.3 is 0 Å². The summed E-state index contributed by atoms with van der Waals surface area (Å²) in [6, 6.07) is 18.3. The summed E-state index contributed by atoms with van der Waals surface area (Å²) in [4.78, 5) is 12.7. The average molecular weight is 481 g/mol. The van der Waals surface area contributed by atoms with Crippen molar-refractivity contribution in [2.75, 3.05) is 17.1 Å². The number of sulfonamides is 1. The Morgan fingerprint density at radius 1 is 0.971 bits per heavy atom. The zero-order valence-corrected chi connectivity index (χ0v) is 19.1. The lowest BCUT2D eigenvalue weighted by molar-refractivity contribution is 0.102. The number of nitrogens with one attached hydrogen (secondary N) is 2. The van der Waals surface area contributed by atoms with Crippen molar-refractivity contribution in [2.45, 2.75) is 11.8 Å². The van der Waals surface area contributed by atoms with E-state index in [9.17, 15) is 17.6 Å². The van der Waals surface area contributed by atoms with Gasteiger partial charge < -0.3 is 10.1 Å². The quantitative estimate of drug-likeness (QED) is 0.409. The van der Waals surface area contributed by atoms with Crippen molar-refractivity contribution in [1.82, 2.24) is 9.78 Å². The number of hydrogen-bond donors (Lipinski definition) is 2. The van der Waals surface area contributed by atoms with Crippen LogP contribution in [0.3, 0.4) is 0 Å². The third-order valence-corrected chi connectivity index (χ3v) is 6.51. The van der Waals surface area contributed by atoms with Crippen LogP contribution in [-0.2, 0) is 10.0 Å². The van der Waals surface area contributed by atoms with Crippen LogP contribution in [0.25, 0.3) is 5.69 Å². The molecule has 8 nitrogen and oxygen atoms in total. The van der Waals surface area contributed by atoms with Gasteiger partial charge in [-0.05, 0) is 79.2 Å². The van der Waals surface area contributed by atoms with Crippen molar-refractivity contribution in [1.29, 1.82) is 0 Å². The molecule has 3 aromatic carbocycles. The highest BCUT2D eigenvalue weighted by Crippen LogP contribution is 2.24. The van der Waals surface area contributed by atoms with E-state index in [0.717, 1.165) is 0 Å². The number of aromatic nitrogens is 2. The van der Waals surface area contributed by atoms with Crippen LogP contribution < -0.4 is 14.8 Å². The van der Waals surface area contributed by atoms with Crippen molar-refractivity contribution in [3.8, 4) is 11.4 Å². The molecule has 34 heavy (non-hydrogen) atoms. The van der Waals surface area contributed by atoms with E-state index in [0.29, 0.717) is 28.4 Å². The van der Waals surface area contributed by atoms with Gasteiger partial charge in [0.05, 0.1) is 17.7 Å². The molecule has 174 valence electrons. The summed E-state index contributed by atoms with van der Waals surface area (Å²) >= 11 is 0. The maximum Gasteiger partial charge on any atom is 0.276 e. The lowest BCUT2D eigenvalue weighted by Crippen LogP contribution is -2.16. The Labute approximate surface area is 196 Å². The van der Waals surface area contributed by atoms with Gasteiger partial charge in [0.1, 0.15) is 11.6 Å². The third kappa shape index (κ3) is 5.07. The van der Waals surface area contributed by atoms with E-state index in [4.69, 9.17) is 4.74 Å². The van der Waals surface area contributed by atoms with Crippen molar-refractivity contribution in [2.24, 2.45) is 0 Å². The molecule has 4 rings (SSSR count). The number of aryl methyl sites for hydroxylation is 1. The van der Waals surface area contributed by atoms with Crippen LogP contribution in [-0.4, -0.2) is 31.2 Å². The minimum Gasteiger partial charge on any atom is -0.497 e. The van der Waals surface area contributed by atoms with Gasteiger partial charge in [0, 0.05) is 17.6 Å². The Hall–Kier alpha value is -4.18. The number of anilines is 2. The number of carbonyl (C=O) groups is 1. The summed E-state index contributed by atoms with van der Waals surface area (Å²) in [5.74, 6) is -0.289. The molecule has 0 aliphatic carbocycles. The summed E-state index contributed by atoms with van der Waals surface area (Å²) in [7, 11) is -2.39. The highest BCUT2D eigenvalue weighted by Gasteiger charge is 2.19. The van der Waals surface area contributed by atoms with Crippen molar-refractivity contribution in [3.63, 3.8) is 0 Å². The van der Waals surface area contributed by atoms with Gasteiger partial charge in [0.2, 0.25) is 0 Å². The molecular formula is C24H21FN4O4S. The van der Waals surface area contributed by atoms with E-state index in [2.05, 4.69) is 15.1 Å². The Morgan fingerprint density at radius 3 is 2.32 bits per heavy atom. The number of methoxy groups -OCH3 is 1. The van der Waals surface area contributed by atoms with Crippen molar-refractivity contribution in [3.05, 3.63) is 96.1 Å². The molecule has 1 amide bonds. The molecule has 0 unspecified atom stereocenters. The highest BCUT2D eigenvalue weighted by molar-refractivity contribution is 7.92. The molecular weight excluding hydrogens is 459 g/mol. The van der Waals surface area contributed by atoms with Crippen LogP contribution in [0.2, 0.25) is 0 Å². The predicted molar refractivity (Wildman–Crippen MR) is 126 cm³/mol. The number of ether oxygens (including phenoxy) is 1. The smallest absolute Gasteiger partial charge is 0.276 e. The first-order valence-corrected chi connectivity index (χ1v) is 11.6. The van der Waals surface area contributed by atoms with Crippen molar-refractivity contribution >= 4 is 27.3 Å². The van der Waals surface area contributed by atoms with E-state index >= 15 is 0 Å². The number of halogens is 1. The predicted octanol–water partition coefficient (Wildman–Crippen LogP) is 4.38. The second kappa shape index (κ2) is 9.36. The van der Waals surface area contributed by atoms with Gasteiger partial charge in [-0.3, -0.25) is 9.52 Å². The summed E-state index contributed by atoms with van der Waals surface area (Å²) in [6.45, 7) is 1.67. The molecule has 1 heterocycles. The first-order chi connectivity index (χ1) is 16.2. The lowest BCUT2D eigenvalue weighted by Gasteiger charge is -2.13. The van der Waals surface area contributed by atoms with Gasteiger partial charge in [-0.1, -0.05) is 6.07 Å². The maximum atomic E-state index is 13.1. The lowest BCUT2D eigenvalue weighted by atomic mass is 10.2. The molecule has 1 aromatic heterocycles. The zero-order valence-electron chi connectivity index (χ0n) is 18.3. The van der Waals surface area contributed by atoms with Crippen LogP contribution in [0, 0.1) is 12.7 Å². The molecule has 4 aromatic rings. The van der Waals surface area contributed by atoms with Gasteiger partial charge in [0.15, 0.2) is 5.69 Å². The summed E-state index contributed by atoms with van der Waals surface area (Å²) < 4.78 is 48.1. The zero-order chi connectivity index (χ0) is 24.3. The minimum absolute atomic E-state index is 0.0259. The molecule has 10 heteroatoms. The second-order valence-electron chi connectivity index (χ2n) is 7.39. The van der Waals surface area contributed by atoms with Crippen LogP contribution in [0.1, 0.15) is 16.1 Å². The minimum atomic E-state index is -3.91. The van der Waals surface area contributed by atoms with Crippen molar-refractivity contribution < 1.29 is 22.3 Å². The molecule has 0 fully saturated rings. The van der Waals surface area contributed by atoms with Crippen LogP contribution in [0.4, 0.5) is 15.8 Å². The Balaban J connectivity index is 1.52. The van der Waals surface area contributed by atoms with E-state index in [1.54, 1.807) is 49.5 Å². The Bertz CT molecular complexity index is 1430. The summed E-state index contributed by atoms with van der Waals surface area (Å²) in [5, 5.41) is 6.87. The molecule has 0 bridgehead atoms. The number of rotatable bonds is 7. The van der Waals surface area contributed by atoms with E-state index in [1.807, 2.05) is 0 Å². The van der Waals surface area contributed by atoms with Gasteiger partial charge in [0.25, 0.3) is 15.9 Å². The first-order valence-electron chi connectivity index (χ1n) is 10.2. The largest absolute Gasteiger partial charge is 0.497 e.